The van der Waals surface area contributed by atoms with Gasteiger partial charge in [0.2, 0.25) is 0 Å². The van der Waals surface area contributed by atoms with Gasteiger partial charge in [0.15, 0.2) is 0 Å². The SMILES string of the molecule is CCCCCCCCCCCNC(=O)c1ccccc1C(=O)NCCCCCCCCCCC. The molecule has 0 unspecified atom stereocenters. The number of hydrogen-bond donors (Lipinski definition) is 2. The Hall–Kier alpha value is -1.84. The van der Waals surface area contributed by atoms with Crippen LogP contribution in [0.4, 0.5) is 0 Å². The molecular weight excluding hydrogens is 420 g/mol. The highest BCUT2D eigenvalue weighted by Gasteiger charge is 2.15. The average molecular weight is 473 g/mol. The van der Waals surface area contributed by atoms with Crippen LogP contribution in [0.15, 0.2) is 24.3 Å². The first-order chi connectivity index (χ1) is 16.7. The molecule has 0 aliphatic carbocycles. The minimum atomic E-state index is -0.145. The van der Waals surface area contributed by atoms with Crippen molar-refractivity contribution < 1.29 is 9.59 Å². The summed E-state index contributed by atoms with van der Waals surface area (Å²) in [6.45, 7) is 5.84. The van der Waals surface area contributed by atoms with Crippen molar-refractivity contribution in [2.75, 3.05) is 13.1 Å². The van der Waals surface area contributed by atoms with Crippen molar-refractivity contribution in [1.82, 2.24) is 10.6 Å². The molecule has 0 radical (unpaired) electrons. The third-order valence-electron chi connectivity index (χ3n) is 6.55. The predicted molar refractivity (Wildman–Crippen MR) is 146 cm³/mol. The van der Waals surface area contributed by atoms with Gasteiger partial charge in [-0.05, 0) is 25.0 Å². The van der Waals surface area contributed by atoms with Gasteiger partial charge in [0.05, 0.1) is 11.1 Å². The number of unbranched alkanes of at least 4 members (excludes halogenated alkanes) is 16. The summed E-state index contributed by atoms with van der Waals surface area (Å²) in [7, 11) is 0. The molecule has 1 rings (SSSR count). The highest BCUT2D eigenvalue weighted by atomic mass is 16.2. The van der Waals surface area contributed by atoms with Gasteiger partial charge >= 0.3 is 0 Å². The van der Waals surface area contributed by atoms with Crippen LogP contribution >= 0.6 is 0 Å². The average Bonchev–Trinajstić information content (AvgIpc) is 2.86. The Bertz CT molecular complexity index is 589. The minimum Gasteiger partial charge on any atom is -0.352 e. The first-order valence-electron chi connectivity index (χ1n) is 14.4. The summed E-state index contributed by atoms with van der Waals surface area (Å²) in [4.78, 5) is 25.3. The topological polar surface area (TPSA) is 58.2 Å². The lowest BCUT2D eigenvalue weighted by molar-refractivity contribution is 0.0918. The van der Waals surface area contributed by atoms with E-state index in [9.17, 15) is 9.59 Å². The summed E-state index contributed by atoms with van der Waals surface area (Å²) >= 11 is 0. The van der Waals surface area contributed by atoms with E-state index in [0.29, 0.717) is 24.2 Å². The molecule has 1 aromatic carbocycles. The summed E-state index contributed by atoms with van der Waals surface area (Å²) in [6, 6.07) is 7.15. The molecule has 1 aromatic rings. The van der Waals surface area contributed by atoms with Gasteiger partial charge in [0.25, 0.3) is 11.8 Å². The fraction of sp³-hybridized carbons (Fsp3) is 0.733. The van der Waals surface area contributed by atoms with E-state index >= 15 is 0 Å². The summed E-state index contributed by atoms with van der Waals surface area (Å²) < 4.78 is 0. The molecule has 0 aliphatic heterocycles. The zero-order valence-corrected chi connectivity index (χ0v) is 22.3. The van der Waals surface area contributed by atoms with Crippen molar-refractivity contribution in [3.05, 3.63) is 35.4 Å². The molecule has 4 nitrogen and oxygen atoms in total. The molecule has 0 saturated carbocycles. The zero-order valence-electron chi connectivity index (χ0n) is 22.3. The first-order valence-corrected chi connectivity index (χ1v) is 14.4. The van der Waals surface area contributed by atoms with Crippen molar-refractivity contribution in [3.63, 3.8) is 0 Å². The molecule has 0 atom stereocenters. The van der Waals surface area contributed by atoms with Crippen LogP contribution in [0.2, 0.25) is 0 Å². The smallest absolute Gasteiger partial charge is 0.252 e. The molecule has 2 N–H and O–H groups in total. The molecule has 2 amide bonds. The van der Waals surface area contributed by atoms with E-state index in [4.69, 9.17) is 0 Å². The summed E-state index contributed by atoms with van der Waals surface area (Å²) in [5.74, 6) is -0.290. The van der Waals surface area contributed by atoms with E-state index in [1.54, 1.807) is 12.1 Å². The minimum absolute atomic E-state index is 0.145. The third-order valence-corrected chi connectivity index (χ3v) is 6.55. The predicted octanol–water partition coefficient (Wildman–Crippen LogP) is 8.21. The van der Waals surface area contributed by atoms with Crippen LogP contribution < -0.4 is 10.6 Å². The number of carbonyl (C=O) groups excluding carboxylic acids is 2. The van der Waals surface area contributed by atoms with Gasteiger partial charge in [0, 0.05) is 13.1 Å². The van der Waals surface area contributed by atoms with Gasteiger partial charge in [-0.2, -0.15) is 0 Å². The number of carbonyl (C=O) groups is 2. The maximum atomic E-state index is 12.7. The molecule has 0 saturated heterocycles. The number of amides is 2. The van der Waals surface area contributed by atoms with Crippen molar-refractivity contribution in [2.24, 2.45) is 0 Å². The van der Waals surface area contributed by atoms with Crippen molar-refractivity contribution in [3.8, 4) is 0 Å². The van der Waals surface area contributed by atoms with Gasteiger partial charge in [-0.15, -0.1) is 0 Å². The van der Waals surface area contributed by atoms with Crippen molar-refractivity contribution >= 4 is 11.8 Å². The largest absolute Gasteiger partial charge is 0.352 e. The van der Waals surface area contributed by atoms with Gasteiger partial charge in [-0.1, -0.05) is 129 Å². The fourth-order valence-corrected chi connectivity index (χ4v) is 4.34. The molecular formula is C30H52N2O2. The lowest BCUT2D eigenvalue weighted by atomic mass is 10.1. The highest BCUT2D eigenvalue weighted by molar-refractivity contribution is 6.07. The van der Waals surface area contributed by atoms with E-state index in [0.717, 1.165) is 25.7 Å². The van der Waals surface area contributed by atoms with Crippen LogP contribution in [0.5, 0.6) is 0 Å². The van der Waals surface area contributed by atoms with Gasteiger partial charge in [-0.3, -0.25) is 9.59 Å². The van der Waals surface area contributed by atoms with Crippen molar-refractivity contribution in [1.29, 1.82) is 0 Å². The monoisotopic (exact) mass is 472 g/mol. The highest BCUT2D eigenvalue weighted by Crippen LogP contribution is 2.12. The van der Waals surface area contributed by atoms with E-state index in [1.165, 1.54) is 89.9 Å². The third kappa shape index (κ3) is 15.1. The lowest BCUT2D eigenvalue weighted by Gasteiger charge is -2.11. The number of nitrogens with one attached hydrogen (secondary N) is 2. The standard InChI is InChI=1S/C30H52N2O2/c1-3-5-7-9-11-13-15-17-21-25-31-29(33)27-23-19-20-24-28(27)30(34)32-26-22-18-16-14-12-10-8-6-4-2/h19-20,23-24H,3-18,21-22,25-26H2,1-2H3,(H,31,33)(H,32,34). The second-order valence-corrected chi connectivity index (χ2v) is 9.71. The maximum absolute atomic E-state index is 12.7. The Kier molecular flexibility index (Phi) is 19.2. The van der Waals surface area contributed by atoms with Gasteiger partial charge in [0.1, 0.15) is 0 Å². The second kappa shape index (κ2) is 21.7. The molecule has 0 fully saturated rings. The van der Waals surface area contributed by atoms with E-state index in [1.807, 2.05) is 12.1 Å². The van der Waals surface area contributed by atoms with E-state index in [-0.39, 0.29) is 11.8 Å². The van der Waals surface area contributed by atoms with Crippen LogP contribution in [0.1, 0.15) is 150 Å². The zero-order chi connectivity index (χ0) is 24.7. The van der Waals surface area contributed by atoms with Crippen LogP contribution in [0, 0.1) is 0 Å². The van der Waals surface area contributed by atoms with Crippen LogP contribution in [-0.2, 0) is 0 Å². The van der Waals surface area contributed by atoms with Gasteiger partial charge < -0.3 is 10.6 Å². The van der Waals surface area contributed by atoms with Crippen LogP contribution in [-0.4, -0.2) is 24.9 Å². The second-order valence-electron chi connectivity index (χ2n) is 9.71. The molecule has 0 heterocycles. The normalized spacial score (nSPS) is 10.9. The lowest BCUT2D eigenvalue weighted by Crippen LogP contribution is -2.30. The maximum Gasteiger partial charge on any atom is 0.252 e. The first kappa shape index (κ1) is 30.2. The van der Waals surface area contributed by atoms with Crippen LogP contribution in [0.25, 0.3) is 0 Å². The Morgan fingerprint density at radius 2 is 0.794 bits per heavy atom. The Morgan fingerprint density at radius 3 is 1.12 bits per heavy atom. The Labute approximate surface area is 210 Å². The molecule has 0 bridgehead atoms. The fourth-order valence-electron chi connectivity index (χ4n) is 4.34. The van der Waals surface area contributed by atoms with Gasteiger partial charge in [-0.25, -0.2) is 0 Å². The van der Waals surface area contributed by atoms with Crippen molar-refractivity contribution in [2.45, 2.75) is 129 Å². The van der Waals surface area contributed by atoms with Crippen LogP contribution in [0.3, 0.4) is 0 Å². The Balaban J connectivity index is 2.19. The Morgan fingerprint density at radius 1 is 0.500 bits per heavy atom. The molecule has 194 valence electrons. The summed E-state index contributed by atoms with van der Waals surface area (Å²) in [5.41, 5.74) is 0.950. The molecule has 0 aromatic heterocycles. The number of rotatable bonds is 22. The molecule has 4 heteroatoms. The molecule has 0 spiro atoms. The summed E-state index contributed by atoms with van der Waals surface area (Å²) in [5, 5.41) is 6.01. The molecule has 34 heavy (non-hydrogen) atoms. The summed E-state index contributed by atoms with van der Waals surface area (Å²) in [6.07, 6.45) is 22.7. The van der Waals surface area contributed by atoms with E-state index < -0.39 is 0 Å². The number of hydrogen-bond acceptors (Lipinski definition) is 2. The quantitative estimate of drug-likeness (QED) is 0.167. The molecule has 0 aliphatic rings. The number of benzene rings is 1. The van der Waals surface area contributed by atoms with E-state index in [2.05, 4.69) is 24.5 Å².